The molecule has 8 nitrogen and oxygen atoms in total. The molecule has 0 unspecified atom stereocenters. The van der Waals surface area contributed by atoms with Gasteiger partial charge >= 0.3 is 11.9 Å². The molecule has 11 heteroatoms. The second-order valence-electron chi connectivity index (χ2n) is 8.64. The van der Waals surface area contributed by atoms with Gasteiger partial charge in [0.15, 0.2) is 0 Å². The van der Waals surface area contributed by atoms with Crippen molar-refractivity contribution in [2.45, 2.75) is 41.5 Å². The molecule has 3 heterocycles. The number of rotatable bonds is 14. The van der Waals surface area contributed by atoms with Crippen LogP contribution in [0.25, 0.3) is 0 Å². The van der Waals surface area contributed by atoms with Crippen LogP contribution in [0.2, 0.25) is 0 Å². The quantitative estimate of drug-likeness (QED) is 0.244. The highest BCUT2D eigenvalue weighted by atomic mass is 32.3. The van der Waals surface area contributed by atoms with Gasteiger partial charge in [0, 0.05) is 48.4 Å². The molecule has 1 aliphatic heterocycles. The Morgan fingerprint density at radius 2 is 1.08 bits per heavy atom. The summed E-state index contributed by atoms with van der Waals surface area (Å²) in [6.45, 7) is 15.8. The minimum absolute atomic E-state index is 0.250. The van der Waals surface area contributed by atoms with Crippen molar-refractivity contribution < 1.29 is 19.8 Å². The fourth-order valence-electron chi connectivity index (χ4n) is 4.65. The summed E-state index contributed by atoms with van der Waals surface area (Å²) in [6.07, 6.45) is 3.34. The van der Waals surface area contributed by atoms with Crippen LogP contribution in [0.1, 0.15) is 51.3 Å². The van der Waals surface area contributed by atoms with Crippen molar-refractivity contribution in [1.29, 1.82) is 0 Å². The van der Waals surface area contributed by atoms with Crippen LogP contribution in [0.5, 0.6) is 0 Å². The Bertz CT molecular complexity index is 1210. The monoisotopic (exact) mass is 590 g/mol. The van der Waals surface area contributed by atoms with Crippen LogP contribution in [-0.4, -0.2) is 72.3 Å². The molecule has 0 saturated carbocycles. The smallest absolute Gasteiger partial charge is 0.339 e. The summed E-state index contributed by atoms with van der Waals surface area (Å²) in [7, 11) is -2.09. The van der Waals surface area contributed by atoms with Gasteiger partial charge in [-0.15, -0.1) is 22.7 Å². The minimum Gasteiger partial charge on any atom is -0.478 e. The normalized spacial score (nSPS) is 16.1. The summed E-state index contributed by atoms with van der Waals surface area (Å²) in [5.41, 5.74) is -0.500. The van der Waals surface area contributed by atoms with Crippen LogP contribution < -0.4 is 9.80 Å². The zero-order valence-corrected chi connectivity index (χ0v) is 25.9. The lowest BCUT2D eigenvalue weighted by atomic mass is 10.1. The fraction of sp³-hybridized carbons (Fsp3) is 0.429. The van der Waals surface area contributed by atoms with Crippen LogP contribution in [0.3, 0.4) is 0 Å². The van der Waals surface area contributed by atoms with Crippen molar-refractivity contribution in [3.63, 3.8) is 0 Å². The second kappa shape index (κ2) is 13.5. The van der Waals surface area contributed by atoms with E-state index in [0.29, 0.717) is 21.6 Å². The van der Waals surface area contributed by atoms with E-state index in [1.807, 2.05) is 38.1 Å². The van der Waals surface area contributed by atoms with Crippen molar-refractivity contribution >= 4 is 67.1 Å². The van der Waals surface area contributed by atoms with Crippen LogP contribution in [0.15, 0.2) is 55.5 Å². The Kier molecular flexibility index (Phi) is 10.6. The maximum absolute atomic E-state index is 12.5. The molecule has 0 amide bonds. The summed E-state index contributed by atoms with van der Waals surface area (Å²) in [4.78, 5) is 40.7. The third kappa shape index (κ3) is 6.15. The van der Waals surface area contributed by atoms with Crippen LogP contribution >= 0.6 is 32.7 Å². The Morgan fingerprint density at radius 1 is 0.718 bits per heavy atom. The van der Waals surface area contributed by atoms with E-state index in [2.05, 4.69) is 37.5 Å². The van der Waals surface area contributed by atoms with Gasteiger partial charge in [-0.05, 0) is 63.5 Å². The van der Waals surface area contributed by atoms with E-state index in [-0.39, 0.29) is 11.1 Å². The van der Waals surface area contributed by atoms with E-state index < -0.39 is 22.0 Å². The van der Waals surface area contributed by atoms with E-state index in [9.17, 15) is 19.8 Å². The average molecular weight is 591 g/mol. The van der Waals surface area contributed by atoms with Gasteiger partial charge in [-0.1, -0.05) is 13.8 Å². The highest BCUT2D eigenvalue weighted by molar-refractivity contribution is 8.40. The highest BCUT2D eigenvalue weighted by Gasteiger charge is 2.46. The van der Waals surface area contributed by atoms with Gasteiger partial charge < -0.3 is 20.0 Å². The predicted molar refractivity (Wildman–Crippen MR) is 169 cm³/mol. The fourth-order valence-corrected chi connectivity index (χ4v) is 10.0. The SMILES string of the molecule is CCN(CC)c1ccc(C=NC2=C(C(=O)O)C(C(=O)O)=C(N=Cc3ccc(N(CC)CC)s3)S2(CC)CC)s1. The predicted octanol–water partition coefficient (Wildman–Crippen LogP) is 6.49. The molecular formula is C28H38N4O4S3. The molecule has 212 valence electrons. The molecular weight excluding hydrogens is 553 g/mol. The number of nitrogens with zero attached hydrogens (tertiary/aromatic N) is 4. The van der Waals surface area contributed by atoms with E-state index >= 15 is 0 Å². The molecule has 0 bridgehead atoms. The Balaban J connectivity index is 2.10. The molecule has 0 fully saturated rings. The van der Waals surface area contributed by atoms with E-state index in [0.717, 1.165) is 45.9 Å². The molecule has 0 atom stereocenters. The molecule has 0 aliphatic carbocycles. The lowest BCUT2D eigenvalue weighted by Gasteiger charge is -2.35. The molecule has 1 aliphatic rings. The molecule has 0 radical (unpaired) electrons. The molecule has 2 aromatic heterocycles. The average Bonchev–Trinajstić information content (AvgIpc) is 3.64. The second-order valence-corrected chi connectivity index (χ2v) is 14.5. The Labute approximate surface area is 240 Å². The minimum atomic E-state index is -2.09. The molecule has 2 N–H and O–H groups in total. The van der Waals surface area contributed by atoms with Crippen LogP contribution in [-0.2, 0) is 9.59 Å². The third-order valence-electron chi connectivity index (χ3n) is 6.82. The van der Waals surface area contributed by atoms with Crippen LogP contribution in [0.4, 0.5) is 10.0 Å². The van der Waals surface area contributed by atoms with E-state index in [1.165, 1.54) is 0 Å². The topological polar surface area (TPSA) is 106 Å². The van der Waals surface area contributed by atoms with Crippen molar-refractivity contribution in [2.75, 3.05) is 47.5 Å². The number of anilines is 2. The number of carbonyl (C=O) groups is 2. The maximum Gasteiger partial charge on any atom is 0.339 e. The molecule has 0 aromatic carbocycles. The zero-order valence-electron chi connectivity index (χ0n) is 23.4. The number of thiophene rings is 2. The summed E-state index contributed by atoms with van der Waals surface area (Å²) < 4.78 is 0. The van der Waals surface area contributed by atoms with Gasteiger partial charge in [-0.2, -0.15) is 10.0 Å². The molecule has 39 heavy (non-hydrogen) atoms. The van der Waals surface area contributed by atoms with E-state index in [1.54, 1.807) is 35.1 Å². The first-order valence-corrected chi connectivity index (χ1v) is 16.8. The lowest BCUT2D eigenvalue weighted by molar-refractivity contribution is -0.136. The molecule has 3 rings (SSSR count). The third-order valence-corrected chi connectivity index (χ3v) is 13.1. The van der Waals surface area contributed by atoms with Crippen molar-refractivity contribution in [1.82, 2.24) is 0 Å². The van der Waals surface area contributed by atoms with Crippen molar-refractivity contribution in [2.24, 2.45) is 9.98 Å². The summed E-state index contributed by atoms with van der Waals surface area (Å²) in [5, 5.41) is 23.3. The maximum atomic E-state index is 12.5. The number of aliphatic imine (C=N–C) groups is 2. The molecule has 0 saturated heterocycles. The van der Waals surface area contributed by atoms with E-state index in [4.69, 9.17) is 9.98 Å². The number of aliphatic carboxylic acids is 2. The van der Waals surface area contributed by atoms with Crippen LogP contribution in [0, 0.1) is 0 Å². The summed E-state index contributed by atoms with van der Waals surface area (Å²) in [6, 6.07) is 7.98. The van der Waals surface area contributed by atoms with Gasteiger partial charge in [0.05, 0.1) is 20.1 Å². The zero-order chi connectivity index (χ0) is 28.7. The number of hydrogen-bond donors (Lipinski definition) is 2. The van der Waals surface area contributed by atoms with Gasteiger partial charge in [0.25, 0.3) is 0 Å². The highest BCUT2D eigenvalue weighted by Crippen LogP contribution is 2.69. The number of carboxylic acid groups (broad SMARTS) is 2. The largest absolute Gasteiger partial charge is 0.478 e. The Hall–Kier alpha value is -2.89. The van der Waals surface area contributed by atoms with Gasteiger partial charge in [0.1, 0.15) is 11.1 Å². The Morgan fingerprint density at radius 3 is 1.36 bits per heavy atom. The van der Waals surface area contributed by atoms with Gasteiger partial charge in [-0.3, -0.25) is 0 Å². The van der Waals surface area contributed by atoms with Crippen molar-refractivity contribution in [3.8, 4) is 0 Å². The number of carboxylic acids is 2. The first-order valence-electron chi connectivity index (χ1n) is 13.2. The molecule has 2 aromatic rings. The molecule has 0 spiro atoms. The summed E-state index contributed by atoms with van der Waals surface area (Å²) >= 11 is 3.15. The van der Waals surface area contributed by atoms with Gasteiger partial charge in [0.2, 0.25) is 0 Å². The first-order chi connectivity index (χ1) is 18.7. The standard InChI is InChI=1S/C28H38N4O4S3/c1-7-31(8-2)21-15-13-19(37-21)17-29-25-23(27(33)34)24(28(35)36)26(39(25,11-5)12-6)30-18-20-14-16-22(38-20)32(9-3)10-4/h13-18H,7-12H2,1-6H3,(H,33,34)(H,35,36). The van der Waals surface area contributed by atoms with Gasteiger partial charge in [-0.25, -0.2) is 19.6 Å². The summed E-state index contributed by atoms with van der Waals surface area (Å²) in [5.74, 6) is -1.50. The number of hydrogen-bond acceptors (Lipinski definition) is 8. The van der Waals surface area contributed by atoms with Crippen molar-refractivity contribution in [3.05, 3.63) is 55.2 Å². The first kappa shape index (κ1) is 30.6. The lowest BCUT2D eigenvalue weighted by Crippen LogP contribution is -2.20.